The fourth-order valence-corrected chi connectivity index (χ4v) is 2.85. The van der Waals surface area contributed by atoms with Gasteiger partial charge in [0.25, 0.3) is 0 Å². The van der Waals surface area contributed by atoms with Crippen molar-refractivity contribution in [2.45, 2.75) is 4.90 Å². The minimum atomic E-state index is -0.000488. The van der Waals surface area contributed by atoms with Crippen LogP contribution in [-0.4, -0.2) is 18.6 Å². The first kappa shape index (κ1) is 15.2. The van der Waals surface area contributed by atoms with Crippen LogP contribution >= 0.6 is 35.0 Å². The van der Waals surface area contributed by atoms with Crippen LogP contribution in [0, 0.1) is 0 Å². The molecule has 0 aromatic heterocycles. The monoisotopic (exact) mass is 326 g/mol. The molecule has 2 aromatic carbocycles. The summed E-state index contributed by atoms with van der Waals surface area (Å²) in [7, 11) is 1.61. The van der Waals surface area contributed by atoms with Crippen LogP contribution in [0.2, 0.25) is 10.0 Å². The molecule has 0 aliphatic heterocycles. The zero-order valence-corrected chi connectivity index (χ0v) is 13.1. The van der Waals surface area contributed by atoms with Gasteiger partial charge in [0.05, 0.1) is 22.9 Å². The van der Waals surface area contributed by atoms with E-state index in [-0.39, 0.29) is 5.78 Å². The van der Waals surface area contributed by atoms with Gasteiger partial charge in [-0.15, -0.1) is 11.8 Å². The largest absolute Gasteiger partial charge is 0.496 e. The van der Waals surface area contributed by atoms with Gasteiger partial charge in [0.15, 0.2) is 5.78 Å². The Morgan fingerprint density at radius 2 is 1.90 bits per heavy atom. The number of ketones is 1. The predicted octanol–water partition coefficient (Wildman–Crippen LogP) is 4.98. The Balaban J connectivity index is 2.06. The maximum atomic E-state index is 12.1. The second kappa shape index (κ2) is 7.02. The molecule has 20 heavy (non-hydrogen) atoms. The van der Waals surface area contributed by atoms with Crippen molar-refractivity contribution in [3.05, 3.63) is 58.1 Å². The van der Waals surface area contributed by atoms with Crippen LogP contribution in [0.3, 0.4) is 0 Å². The topological polar surface area (TPSA) is 26.3 Å². The molecule has 0 aliphatic carbocycles. The molecule has 5 heteroatoms. The number of hydrogen-bond acceptors (Lipinski definition) is 3. The molecule has 0 saturated heterocycles. The normalized spacial score (nSPS) is 10.3. The smallest absolute Gasteiger partial charge is 0.173 e. The summed E-state index contributed by atoms with van der Waals surface area (Å²) < 4.78 is 5.25. The van der Waals surface area contributed by atoms with Crippen molar-refractivity contribution in [2.24, 2.45) is 0 Å². The fraction of sp³-hybridized carbons (Fsp3) is 0.133. The van der Waals surface area contributed by atoms with Crippen molar-refractivity contribution >= 4 is 40.7 Å². The van der Waals surface area contributed by atoms with Crippen LogP contribution in [0.4, 0.5) is 0 Å². The minimum Gasteiger partial charge on any atom is -0.496 e. The number of methoxy groups -OCH3 is 1. The van der Waals surface area contributed by atoms with Crippen molar-refractivity contribution in [3.63, 3.8) is 0 Å². The summed E-state index contributed by atoms with van der Waals surface area (Å²) in [5.74, 6) is 1.08. The summed E-state index contributed by atoms with van der Waals surface area (Å²) in [5, 5.41) is 0.834. The van der Waals surface area contributed by atoms with Gasteiger partial charge in [0, 0.05) is 10.5 Å². The molecule has 0 atom stereocenters. The zero-order valence-electron chi connectivity index (χ0n) is 10.7. The standard InChI is InChI=1S/C15H12Cl2O2S/c1-19-14-4-2-3-5-15(14)20-9-13(18)10-6-7-11(16)12(17)8-10/h2-8H,9H2,1H3. The number of Topliss-reactive ketones (excluding diaryl/α,β-unsaturated/α-hetero) is 1. The Bertz CT molecular complexity index is 629. The lowest BCUT2D eigenvalue weighted by Crippen LogP contribution is -2.02. The highest BCUT2D eigenvalue weighted by molar-refractivity contribution is 8.00. The molecule has 0 N–H and O–H groups in total. The van der Waals surface area contributed by atoms with Gasteiger partial charge in [0.2, 0.25) is 0 Å². The maximum Gasteiger partial charge on any atom is 0.173 e. The van der Waals surface area contributed by atoms with E-state index in [9.17, 15) is 4.79 Å². The minimum absolute atomic E-state index is 0.000488. The fourth-order valence-electron chi connectivity index (χ4n) is 1.63. The van der Waals surface area contributed by atoms with E-state index in [2.05, 4.69) is 0 Å². The predicted molar refractivity (Wildman–Crippen MR) is 84.5 cm³/mol. The Morgan fingerprint density at radius 1 is 1.15 bits per heavy atom. The number of ether oxygens (including phenoxy) is 1. The van der Waals surface area contributed by atoms with Gasteiger partial charge in [-0.2, -0.15) is 0 Å². The summed E-state index contributed by atoms with van der Waals surface area (Å²) >= 11 is 13.2. The maximum absolute atomic E-state index is 12.1. The summed E-state index contributed by atoms with van der Waals surface area (Å²) in [6.45, 7) is 0. The van der Waals surface area contributed by atoms with E-state index in [1.165, 1.54) is 11.8 Å². The van der Waals surface area contributed by atoms with Crippen LogP contribution in [0.25, 0.3) is 0 Å². The lowest BCUT2D eigenvalue weighted by atomic mass is 10.1. The lowest BCUT2D eigenvalue weighted by Gasteiger charge is -2.07. The molecule has 0 heterocycles. The molecule has 0 radical (unpaired) electrons. The third-order valence-electron chi connectivity index (χ3n) is 2.67. The van der Waals surface area contributed by atoms with E-state index in [1.807, 2.05) is 24.3 Å². The van der Waals surface area contributed by atoms with Gasteiger partial charge in [-0.1, -0.05) is 35.3 Å². The third kappa shape index (κ3) is 3.69. The number of halogens is 2. The number of rotatable bonds is 5. The average Bonchev–Trinajstić information content (AvgIpc) is 2.47. The Hall–Kier alpha value is -1.16. The summed E-state index contributed by atoms with van der Waals surface area (Å²) in [6.07, 6.45) is 0. The highest BCUT2D eigenvalue weighted by Crippen LogP contribution is 2.30. The number of carbonyl (C=O) groups is 1. The van der Waals surface area contributed by atoms with Crippen LogP contribution < -0.4 is 4.74 Å². The van der Waals surface area contributed by atoms with Crippen LogP contribution in [0.1, 0.15) is 10.4 Å². The van der Waals surface area contributed by atoms with Gasteiger partial charge in [-0.25, -0.2) is 0 Å². The molecular weight excluding hydrogens is 315 g/mol. The number of hydrogen-bond donors (Lipinski definition) is 0. The van der Waals surface area contributed by atoms with E-state index in [0.717, 1.165) is 10.6 Å². The molecule has 0 bridgehead atoms. The van der Waals surface area contributed by atoms with E-state index in [1.54, 1.807) is 25.3 Å². The van der Waals surface area contributed by atoms with Crippen molar-refractivity contribution < 1.29 is 9.53 Å². The molecule has 2 rings (SSSR count). The Morgan fingerprint density at radius 3 is 2.60 bits per heavy atom. The first-order valence-corrected chi connectivity index (χ1v) is 7.60. The molecule has 0 amide bonds. The molecule has 2 nitrogen and oxygen atoms in total. The van der Waals surface area contributed by atoms with Crippen molar-refractivity contribution in [1.82, 2.24) is 0 Å². The summed E-state index contributed by atoms with van der Waals surface area (Å²) in [5.41, 5.74) is 0.557. The van der Waals surface area contributed by atoms with Crippen LogP contribution in [0.15, 0.2) is 47.4 Å². The van der Waals surface area contributed by atoms with Gasteiger partial charge < -0.3 is 4.74 Å². The zero-order chi connectivity index (χ0) is 14.5. The number of thioether (sulfide) groups is 1. The number of para-hydroxylation sites is 1. The first-order chi connectivity index (χ1) is 9.61. The second-order valence-corrected chi connectivity index (χ2v) is 5.82. The van der Waals surface area contributed by atoms with Crippen molar-refractivity contribution in [1.29, 1.82) is 0 Å². The molecule has 0 aliphatic rings. The molecule has 2 aromatic rings. The highest BCUT2D eigenvalue weighted by Gasteiger charge is 2.10. The molecule has 104 valence electrons. The van der Waals surface area contributed by atoms with Gasteiger partial charge in [0.1, 0.15) is 5.75 Å². The molecule has 0 unspecified atom stereocenters. The molecule has 0 spiro atoms. The Kier molecular flexibility index (Phi) is 5.35. The summed E-state index contributed by atoms with van der Waals surface area (Å²) in [4.78, 5) is 13.1. The third-order valence-corrected chi connectivity index (χ3v) is 4.46. The quantitative estimate of drug-likeness (QED) is 0.572. The van der Waals surface area contributed by atoms with Gasteiger partial charge in [-0.05, 0) is 30.3 Å². The average molecular weight is 327 g/mol. The van der Waals surface area contributed by atoms with E-state index in [4.69, 9.17) is 27.9 Å². The molecular formula is C15H12Cl2O2S. The van der Waals surface area contributed by atoms with E-state index < -0.39 is 0 Å². The summed E-state index contributed by atoms with van der Waals surface area (Å²) in [6, 6.07) is 12.5. The van der Waals surface area contributed by atoms with E-state index >= 15 is 0 Å². The number of benzene rings is 2. The SMILES string of the molecule is COc1ccccc1SCC(=O)c1ccc(Cl)c(Cl)c1. The van der Waals surface area contributed by atoms with Crippen molar-refractivity contribution in [3.8, 4) is 5.75 Å². The Labute approximate surface area is 132 Å². The van der Waals surface area contributed by atoms with Crippen LogP contribution in [0.5, 0.6) is 5.75 Å². The lowest BCUT2D eigenvalue weighted by molar-refractivity contribution is 0.102. The molecule has 0 saturated carbocycles. The van der Waals surface area contributed by atoms with Crippen LogP contribution in [-0.2, 0) is 0 Å². The van der Waals surface area contributed by atoms with Gasteiger partial charge >= 0.3 is 0 Å². The van der Waals surface area contributed by atoms with Crippen molar-refractivity contribution in [2.75, 3.05) is 12.9 Å². The molecule has 0 fully saturated rings. The second-order valence-electron chi connectivity index (χ2n) is 3.99. The highest BCUT2D eigenvalue weighted by atomic mass is 35.5. The van der Waals surface area contributed by atoms with Gasteiger partial charge in [-0.3, -0.25) is 4.79 Å². The first-order valence-electron chi connectivity index (χ1n) is 5.86. The van der Waals surface area contributed by atoms with E-state index in [0.29, 0.717) is 21.4 Å². The number of carbonyl (C=O) groups excluding carboxylic acids is 1.